The molecule has 3 heterocycles. The minimum absolute atomic E-state index is 0.0227. The van der Waals surface area contributed by atoms with E-state index < -0.39 is 83.5 Å². The van der Waals surface area contributed by atoms with Crippen molar-refractivity contribution in [3.63, 3.8) is 0 Å². The van der Waals surface area contributed by atoms with E-state index in [1.807, 2.05) is 0 Å². The zero-order chi connectivity index (χ0) is 33.4. The van der Waals surface area contributed by atoms with Crippen molar-refractivity contribution in [1.29, 1.82) is 0 Å². The lowest BCUT2D eigenvalue weighted by Crippen LogP contribution is -2.45. The number of pyridine rings is 1. The van der Waals surface area contributed by atoms with Gasteiger partial charge >= 0.3 is 15.6 Å². The summed E-state index contributed by atoms with van der Waals surface area (Å²) in [4.78, 5) is 31.7. The van der Waals surface area contributed by atoms with Gasteiger partial charge in [0.2, 0.25) is 0 Å². The fraction of sp³-hybridized carbons (Fsp3) is 0.440. The van der Waals surface area contributed by atoms with E-state index in [4.69, 9.17) is 25.3 Å². The number of amides is 1. The number of ether oxygens (including phenoxy) is 1. The molecule has 46 heavy (non-hydrogen) atoms. The molecule has 1 saturated heterocycles. The first kappa shape index (κ1) is 34.2. The SMILES string of the molecule is NC(=O)c1ccc[n+]([C@@H]2C[C@H](COP(=O)(O)OP(=O)(O)OC[C@@H]3O[C@H](n4cc(-c5ccccc5N)nn4)[C@@H](O)[C@H]3O)[C@@H](O)[C@H]2O)c1. The van der Waals surface area contributed by atoms with Gasteiger partial charge in [-0.05, 0) is 12.1 Å². The molecule has 2 aliphatic rings. The third-order valence-corrected chi connectivity index (χ3v) is 10.3. The van der Waals surface area contributed by atoms with E-state index in [0.29, 0.717) is 16.9 Å². The lowest BCUT2D eigenvalue weighted by atomic mass is 10.1. The number of aromatic nitrogens is 4. The third-order valence-electron chi connectivity index (χ3n) is 7.67. The maximum absolute atomic E-state index is 12.5. The summed E-state index contributed by atoms with van der Waals surface area (Å²) in [5, 5.41) is 49.8. The largest absolute Gasteiger partial charge is 0.481 e. The Hall–Kier alpha value is -3.16. The molecule has 1 aliphatic heterocycles. The van der Waals surface area contributed by atoms with Crippen LogP contribution in [0.1, 0.15) is 29.0 Å². The normalized spacial score (nSPS) is 30.6. The number of anilines is 1. The second-order valence-corrected chi connectivity index (χ2v) is 13.8. The molecule has 10 N–H and O–H groups in total. The number of nitrogen functional groups attached to an aromatic ring is 1. The molecule has 10 atom stereocenters. The first-order valence-corrected chi connectivity index (χ1v) is 16.8. The van der Waals surface area contributed by atoms with Gasteiger partial charge in [-0.25, -0.2) is 13.8 Å². The molecule has 0 spiro atoms. The van der Waals surface area contributed by atoms with Crippen LogP contribution in [-0.4, -0.2) is 94.8 Å². The quantitative estimate of drug-likeness (QED) is 0.0628. The summed E-state index contributed by atoms with van der Waals surface area (Å²) >= 11 is 0. The third kappa shape index (κ3) is 7.52. The van der Waals surface area contributed by atoms with Crippen LogP contribution in [0.5, 0.6) is 0 Å². The summed E-state index contributed by atoms with van der Waals surface area (Å²) < 4.78 is 47.0. The molecule has 250 valence electrons. The number of hydrogen-bond donors (Lipinski definition) is 8. The molecular formula is C25H33N6O13P2+. The topological polar surface area (TPSA) is 296 Å². The summed E-state index contributed by atoms with van der Waals surface area (Å²) in [6.45, 7) is -1.54. The van der Waals surface area contributed by atoms with E-state index in [9.17, 15) is 44.1 Å². The molecule has 1 aromatic carbocycles. The van der Waals surface area contributed by atoms with Crippen LogP contribution in [-0.2, 0) is 27.2 Å². The first-order valence-electron chi connectivity index (χ1n) is 13.8. The lowest BCUT2D eigenvalue weighted by molar-refractivity contribution is -0.728. The van der Waals surface area contributed by atoms with Crippen molar-refractivity contribution < 1.29 is 66.8 Å². The first-order chi connectivity index (χ1) is 21.7. The van der Waals surface area contributed by atoms with Crippen LogP contribution in [0.4, 0.5) is 5.69 Å². The highest BCUT2D eigenvalue weighted by molar-refractivity contribution is 7.61. The van der Waals surface area contributed by atoms with Crippen LogP contribution >= 0.6 is 15.6 Å². The van der Waals surface area contributed by atoms with E-state index in [1.165, 1.54) is 35.3 Å². The van der Waals surface area contributed by atoms with Crippen molar-refractivity contribution >= 4 is 27.2 Å². The fourth-order valence-corrected chi connectivity index (χ4v) is 7.42. The second-order valence-electron chi connectivity index (χ2n) is 10.8. The summed E-state index contributed by atoms with van der Waals surface area (Å²) in [7, 11) is -10.6. The molecule has 21 heteroatoms. The Balaban J connectivity index is 1.14. The fourth-order valence-electron chi connectivity index (χ4n) is 5.28. The Labute approximate surface area is 260 Å². The number of nitrogens with two attached hydrogens (primary N) is 2. The number of phosphoric acid groups is 2. The number of primary amides is 1. The van der Waals surface area contributed by atoms with Crippen LogP contribution in [0.25, 0.3) is 11.3 Å². The molecule has 5 rings (SSSR count). The predicted molar refractivity (Wildman–Crippen MR) is 153 cm³/mol. The molecule has 1 amide bonds. The zero-order valence-corrected chi connectivity index (χ0v) is 25.6. The van der Waals surface area contributed by atoms with Crippen LogP contribution < -0.4 is 16.0 Å². The molecule has 0 radical (unpaired) electrons. The lowest BCUT2D eigenvalue weighted by Gasteiger charge is -2.20. The standard InChI is InChI=1S/C25H32N6O13P2/c26-16-6-2-1-5-15(16)17-10-31(29-28-17)25-23(35)22(34)19(43-25)12-42-46(39,40)44-45(37,38)41-11-14-8-18(21(33)20(14)32)30-7-3-4-13(9-30)24(27)36/h1-7,9-10,14,18-23,25,32-35H,8,11-12,26H2,(H3-,27,36,37,38,39,40)/p+1/t14-,18-,19+,20-,21+,22+,23+,25+/m1/s1. The minimum Gasteiger partial charge on any atom is -0.398 e. The molecule has 19 nitrogen and oxygen atoms in total. The number of rotatable bonds is 12. The number of carbonyl (C=O) groups is 1. The smallest absolute Gasteiger partial charge is 0.398 e. The molecule has 3 aromatic rings. The van der Waals surface area contributed by atoms with Crippen molar-refractivity contribution in [3.05, 3.63) is 60.6 Å². The van der Waals surface area contributed by atoms with E-state index in [-0.39, 0.29) is 12.0 Å². The van der Waals surface area contributed by atoms with Gasteiger partial charge in [-0.3, -0.25) is 13.8 Å². The predicted octanol–water partition coefficient (Wildman–Crippen LogP) is -1.23. The highest BCUT2D eigenvalue weighted by atomic mass is 31.3. The summed E-state index contributed by atoms with van der Waals surface area (Å²) in [6.07, 6.45) is -4.34. The Morgan fingerprint density at radius 1 is 1.00 bits per heavy atom. The zero-order valence-electron chi connectivity index (χ0n) is 23.8. The summed E-state index contributed by atoms with van der Waals surface area (Å²) in [6, 6.07) is 9.04. The maximum Gasteiger partial charge on any atom is 0.481 e. The van der Waals surface area contributed by atoms with Crippen molar-refractivity contribution in [1.82, 2.24) is 15.0 Å². The van der Waals surface area contributed by atoms with Crippen molar-refractivity contribution in [2.24, 2.45) is 11.7 Å². The second kappa shape index (κ2) is 13.5. The van der Waals surface area contributed by atoms with Gasteiger partial charge in [-0.1, -0.05) is 23.4 Å². The minimum atomic E-state index is -5.33. The van der Waals surface area contributed by atoms with E-state index in [1.54, 1.807) is 24.3 Å². The van der Waals surface area contributed by atoms with Crippen LogP contribution in [0.3, 0.4) is 0 Å². The number of para-hydroxylation sites is 1. The summed E-state index contributed by atoms with van der Waals surface area (Å²) in [5.41, 5.74) is 12.7. The highest BCUT2D eigenvalue weighted by Gasteiger charge is 2.49. The molecule has 2 fully saturated rings. The van der Waals surface area contributed by atoms with Crippen LogP contribution in [0, 0.1) is 5.92 Å². The number of carbonyl (C=O) groups excluding carboxylic acids is 1. The Kier molecular flexibility index (Phi) is 10.0. The summed E-state index contributed by atoms with van der Waals surface area (Å²) in [5.74, 6) is -1.64. The van der Waals surface area contributed by atoms with Gasteiger partial charge in [0.15, 0.2) is 24.7 Å². The van der Waals surface area contributed by atoms with E-state index >= 15 is 0 Å². The van der Waals surface area contributed by atoms with Gasteiger partial charge in [-0.2, -0.15) is 8.88 Å². The van der Waals surface area contributed by atoms with Gasteiger partial charge in [0, 0.05) is 29.7 Å². The molecule has 2 aromatic heterocycles. The Bertz CT molecular complexity index is 1660. The van der Waals surface area contributed by atoms with Gasteiger partial charge in [0.25, 0.3) is 5.91 Å². The van der Waals surface area contributed by atoms with Crippen molar-refractivity contribution in [2.45, 2.75) is 49.2 Å². The number of benzene rings is 1. The Morgan fingerprint density at radius 3 is 2.39 bits per heavy atom. The molecular weight excluding hydrogens is 654 g/mol. The maximum atomic E-state index is 12.5. The number of phosphoric ester groups is 2. The van der Waals surface area contributed by atoms with Gasteiger partial charge in [-0.15, -0.1) is 5.10 Å². The number of aliphatic hydroxyl groups excluding tert-OH is 4. The van der Waals surface area contributed by atoms with Crippen LogP contribution in [0.15, 0.2) is 55.0 Å². The molecule has 1 aliphatic carbocycles. The van der Waals surface area contributed by atoms with Gasteiger partial charge < -0.3 is 46.4 Å². The van der Waals surface area contributed by atoms with Crippen LogP contribution in [0.2, 0.25) is 0 Å². The van der Waals surface area contributed by atoms with E-state index in [0.717, 1.165) is 4.68 Å². The molecule has 2 unspecified atom stereocenters. The van der Waals surface area contributed by atoms with Gasteiger partial charge in [0.1, 0.15) is 35.7 Å². The van der Waals surface area contributed by atoms with Crippen molar-refractivity contribution in [3.8, 4) is 11.3 Å². The monoisotopic (exact) mass is 687 g/mol. The van der Waals surface area contributed by atoms with E-state index in [2.05, 4.69) is 14.6 Å². The average molecular weight is 688 g/mol. The average Bonchev–Trinajstić information content (AvgIpc) is 3.67. The number of nitrogens with zero attached hydrogens (tertiary/aromatic N) is 4. The number of hydrogen-bond acceptors (Lipinski definition) is 14. The molecule has 0 bridgehead atoms. The van der Waals surface area contributed by atoms with Gasteiger partial charge in [0.05, 0.1) is 25.5 Å². The highest BCUT2D eigenvalue weighted by Crippen LogP contribution is 2.61. The van der Waals surface area contributed by atoms with Crippen molar-refractivity contribution in [2.75, 3.05) is 18.9 Å². The number of aliphatic hydroxyl groups is 4. The molecule has 1 saturated carbocycles. The Morgan fingerprint density at radius 2 is 1.70 bits per heavy atom.